The Kier molecular flexibility index (Phi) is 5.40. The molecule has 18 heavy (non-hydrogen) atoms. The van der Waals surface area contributed by atoms with Crippen molar-refractivity contribution in [1.29, 1.82) is 0 Å². The van der Waals surface area contributed by atoms with Crippen LogP contribution in [-0.2, 0) is 9.53 Å². The van der Waals surface area contributed by atoms with Crippen molar-refractivity contribution in [3.8, 4) is 0 Å². The molecule has 6 nitrogen and oxygen atoms in total. The topological polar surface area (TPSA) is 78.9 Å². The normalized spacial score (nSPS) is 22.4. The van der Waals surface area contributed by atoms with Gasteiger partial charge in [0.25, 0.3) is 0 Å². The number of aliphatic carboxylic acids is 1. The van der Waals surface area contributed by atoms with Gasteiger partial charge in [-0.05, 0) is 18.8 Å². The van der Waals surface area contributed by atoms with Crippen LogP contribution in [0.25, 0.3) is 0 Å². The van der Waals surface area contributed by atoms with Gasteiger partial charge in [0, 0.05) is 19.7 Å². The second-order valence-electron chi connectivity index (χ2n) is 5.14. The summed E-state index contributed by atoms with van der Waals surface area (Å²) in [6, 6.07) is -0.198. The molecule has 0 bridgehead atoms. The van der Waals surface area contributed by atoms with Crippen LogP contribution in [0.4, 0.5) is 4.79 Å². The first-order valence-corrected chi connectivity index (χ1v) is 6.22. The fraction of sp³-hybridized carbons (Fsp3) is 0.833. The number of rotatable bonds is 6. The predicted molar refractivity (Wildman–Crippen MR) is 66.4 cm³/mol. The smallest absolute Gasteiger partial charge is 0.323 e. The second kappa shape index (κ2) is 6.58. The Hall–Kier alpha value is -1.30. The third-order valence-electron chi connectivity index (χ3n) is 2.95. The highest BCUT2D eigenvalue weighted by Crippen LogP contribution is 2.22. The van der Waals surface area contributed by atoms with Crippen molar-refractivity contribution < 1.29 is 19.4 Å². The molecule has 6 heteroatoms. The van der Waals surface area contributed by atoms with E-state index in [1.54, 1.807) is 7.11 Å². The van der Waals surface area contributed by atoms with Gasteiger partial charge in [-0.2, -0.15) is 0 Å². The van der Waals surface area contributed by atoms with Gasteiger partial charge in [-0.1, -0.05) is 13.8 Å². The molecule has 0 aromatic heterocycles. The van der Waals surface area contributed by atoms with Gasteiger partial charge in [-0.15, -0.1) is 0 Å². The number of ether oxygens (including phenoxy) is 1. The minimum Gasteiger partial charge on any atom is -0.480 e. The first-order chi connectivity index (χ1) is 8.42. The molecule has 0 radical (unpaired) electrons. The molecule has 0 unspecified atom stereocenters. The predicted octanol–water partition coefficient (Wildman–Crippen LogP) is 0.916. The largest absolute Gasteiger partial charge is 0.480 e. The van der Waals surface area contributed by atoms with E-state index in [9.17, 15) is 9.59 Å². The number of hydrogen-bond donors (Lipinski definition) is 2. The summed E-state index contributed by atoms with van der Waals surface area (Å²) in [5.41, 5.74) is 0. The van der Waals surface area contributed by atoms with E-state index in [1.807, 2.05) is 13.8 Å². The molecule has 1 aliphatic carbocycles. The van der Waals surface area contributed by atoms with Crippen molar-refractivity contribution in [2.75, 3.05) is 20.2 Å². The summed E-state index contributed by atoms with van der Waals surface area (Å²) in [7, 11) is 1.65. The summed E-state index contributed by atoms with van der Waals surface area (Å²) < 4.78 is 5.13. The zero-order valence-corrected chi connectivity index (χ0v) is 11.2. The summed E-state index contributed by atoms with van der Waals surface area (Å²) in [4.78, 5) is 24.0. The number of urea groups is 1. The zero-order valence-electron chi connectivity index (χ0n) is 11.2. The number of carbonyl (C=O) groups excluding carboxylic acids is 1. The summed E-state index contributed by atoms with van der Waals surface area (Å²) >= 11 is 0. The highest BCUT2D eigenvalue weighted by molar-refractivity contribution is 5.80. The van der Waals surface area contributed by atoms with Gasteiger partial charge in [-0.25, -0.2) is 4.79 Å². The van der Waals surface area contributed by atoms with Crippen molar-refractivity contribution in [2.45, 2.75) is 38.8 Å². The molecule has 0 aromatic rings. The molecule has 0 aliphatic heterocycles. The highest BCUT2D eigenvalue weighted by atomic mass is 16.5. The molecule has 1 saturated carbocycles. The number of carbonyl (C=O) groups is 2. The van der Waals surface area contributed by atoms with Crippen molar-refractivity contribution in [3.63, 3.8) is 0 Å². The van der Waals surface area contributed by atoms with Crippen LogP contribution in [0.15, 0.2) is 0 Å². The molecule has 2 amide bonds. The quantitative estimate of drug-likeness (QED) is 0.742. The standard InChI is InChI=1S/C12H22N2O4/c1-8(2)6-14(7-11(15)16)12(17)13-9-4-10(5-9)18-3/h8-10H,4-7H2,1-3H3,(H,13,17)(H,15,16). The van der Waals surface area contributed by atoms with Crippen LogP contribution in [0.2, 0.25) is 0 Å². The molecule has 0 aromatic carbocycles. The van der Waals surface area contributed by atoms with Crippen LogP contribution in [0.1, 0.15) is 26.7 Å². The first-order valence-electron chi connectivity index (χ1n) is 6.22. The molecule has 2 N–H and O–H groups in total. The average Bonchev–Trinajstić information content (AvgIpc) is 2.20. The fourth-order valence-corrected chi connectivity index (χ4v) is 1.97. The van der Waals surface area contributed by atoms with E-state index >= 15 is 0 Å². The van der Waals surface area contributed by atoms with Gasteiger partial charge in [0.2, 0.25) is 0 Å². The third-order valence-corrected chi connectivity index (χ3v) is 2.95. The van der Waals surface area contributed by atoms with Crippen LogP contribution in [0.3, 0.4) is 0 Å². The van der Waals surface area contributed by atoms with E-state index in [1.165, 1.54) is 4.90 Å². The molecule has 0 atom stereocenters. The Bertz CT molecular complexity index is 300. The summed E-state index contributed by atoms with van der Waals surface area (Å²) in [5, 5.41) is 11.6. The molecular formula is C12H22N2O4. The fourth-order valence-electron chi connectivity index (χ4n) is 1.97. The van der Waals surface area contributed by atoms with Gasteiger partial charge in [-0.3, -0.25) is 4.79 Å². The van der Waals surface area contributed by atoms with Gasteiger partial charge >= 0.3 is 12.0 Å². The Labute approximate surface area is 107 Å². The summed E-state index contributed by atoms with van der Waals surface area (Å²) in [6.45, 7) is 4.09. The van der Waals surface area contributed by atoms with E-state index in [0.29, 0.717) is 6.54 Å². The van der Waals surface area contributed by atoms with E-state index in [0.717, 1.165) is 12.8 Å². The van der Waals surface area contributed by atoms with Gasteiger partial charge in [0.05, 0.1) is 6.10 Å². The van der Waals surface area contributed by atoms with E-state index in [4.69, 9.17) is 9.84 Å². The van der Waals surface area contributed by atoms with E-state index in [-0.39, 0.29) is 30.6 Å². The van der Waals surface area contributed by atoms with Crippen molar-refractivity contribution in [1.82, 2.24) is 10.2 Å². The number of amides is 2. The second-order valence-corrected chi connectivity index (χ2v) is 5.14. The number of carboxylic acids is 1. The molecule has 0 heterocycles. The molecule has 0 spiro atoms. The molecule has 104 valence electrons. The minimum atomic E-state index is -0.992. The Balaban J connectivity index is 2.41. The number of methoxy groups -OCH3 is 1. The van der Waals surface area contributed by atoms with Crippen LogP contribution in [0.5, 0.6) is 0 Å². The number of nitrogens with one attached hydrogen (secondary N) is 1. The molecular weight excluding hydrogens is 236 g/mol. The number of carboxylic acid groups (broad SMARTS) is 1. The lowest BCUT2D eigenvalue weighted by Gasteiger charge is -2.36. The van der Waals surface area contributed by atoms with Crippen molar-refractivity contribution in [2.24, 2.45) is 5.92 Å². The molecule has 1 aliphatic rings. The van der Waals surface area contributed by atoms with E-state index < -0.39 is 5.97 Å². The van der Waals surface area contributed by atoms with Crippen molar-refractivity contribution in [3.05, 3.63) is 0 Å². The van der Waals surface area contributed by atoms with Crippen LogP contribution >= 0.6 is 0 Å². The Morgan fingerprint density at radius 2 is 2.06 bits per heavy atom. The van der Waals surface area contributed by atoms with Gasteiger partial charge < -0.3 is 20.1 Å². The average molecular weight is 258 g/mol. The van der Waals surface area contributed by atoms with Crippen molar-refractivity contribution >= 4 is 12.0 Å². The maximum Gasteiger partial charge on any atom is 0.323 e. The Morgan fingerprint density at radius 3 is 2.50 bits per heavy atom. The number of hydrogen-bond acceptors (Lipinski definition) is 3. The summed E-state index contributed by atoms with van der Waals surface area (Å²) in [5.74, 6) is -0.752. The maximum absolute atomic E-state index is 11.9. The van der Waals surface area contributed by atoms with Gasteiger partial charge in [0.15, 0.2) is 0 Å². The third kappa shape index (κ3) is 4.52. The lowest BCUT2D eigenvalue weighted by Crippen LogP contribution is -2.53. The molecule has 1 fully saturated rings. The number of nitrogens with zero attached hydrogens (tertiary/aromatic N) is 1. The Morgan fingerprint density at radius 1 is 1.44 bits per heavy atom. The SMILES string of the molecule is COC1CC(NC(=O)N(CC(=O)O)CC(C)C)C1. The van der Waals surface area contributed by atoms with Crippen LogP contribution in [0, 0.1) is 5.92 Å². The minimum absolute atomic E-state index is 0.103. The first kappa shape index (κ1) is 14.8. The van der Waals surface area contributed by atoms with Crippen LogP contribution < -0.4 is 5.32 Å². The zero-order chi connectivity index (χ0) is 13.7. The maximum atomic E-state index is 11.9. The lowest BCUT2D eigenvalue weighted by molar-refractivity contribution is -0.137. The van der Waals surface area contributed by atoms with Crippen LogP contribution in [-0.4, -0.2) is 54.4 Å². The molecule has 0 saturated heterocycles. The lowest BCUT2D eigenvalue weighted by atomic mass is 9.89. The molecule has 1 rings (SSSR count). The van der Waals surface area contributed by atoms with Gasteiger partial charge in [0.1, 0.15) is 6.54 Å². The monoisotopic (exact) mass is 258 g/mol. The highest BCUT2D eigenvalue weighted by Gasteiger charge is 2.31. The summed E-state index contributed by atoms with van der Waals surface area (Å²) in [6.07, 6.45) is 1.81. The van der Waals surface area contributed by atoms with E-state index in [2.05, 4.69) is 5.32 Å².